The highest BCUT2D eigenvalue weighted by Crippen LogP contribution is 2.41. The van der Waals surface area contributed by atoms with Gasteiger partial charge >= 0.3 is 0 Å². The van der Waals surface area contributed by atoms with Crippen LogP contribution in [0.1, 0.15) is 90.9 Å². The molecule has 2 aliphatic rings. The van der Waals surface area contributed by atoms with Gasteiger partial charge in [0.05, 0.1) is 0 Å². The Balaban J connectivity index is 1.61. The Hall–Kier alpha value is 0. The Morgan fingerprint density at radius 3 is 2.00 bits per heavy atom. The van der Waals surface area contributed by atoms with E-state index in [-0.39, 0.29) is 0 Å². The van der Waals surface area contributed by atoms with Gasteiger partial charge in [-0.25, -0.2) is 0 Å². The van der Waals surface area contributed by atoms with Gasteiger partial charge in [-0.05, 0) is 36.5 Å². The molecule has 0 atom stereocenters. The van der Waals surface area contributed by atoms with Gasteiger partial charge < -0.3 is 0 Å². The largest absolute Gasteiger partial charge is 0.0628 e. The lowest BCUT2D eigenvalue weighted by Gasteiger charge is -2.36. The molecule has 0 aromatic heterocycles. The second-order valence-electron chi connectivity index (χ2n) is 7.50. The van der Waals surface area contributed by atoms with Crippen molar-refractivity contribution in [2.24, 2.45) is 23.7 Å². The average Bonchev–Trinajstić information content (AvgIpc) is 2.40. The van der Waals surface area contributed by atoms with Crippen molar-refractivity contribution in [3.05, 3.63) is 0 Å². The normalized spacial score (nSPS) is 30.8. The first-order valence-corrected chi connectivity index (χ1v) is 8.75. The molecule has 0 saturated heterocycles. The predicted molar refractivity (Wildman–Crippen MR) is 80.7 cm³/mol. The lowest BCUT2D eigenvalue weighted by atomic mass is 9.70. The molecule has 0 aliphatic heterocycles. The fourth-order valence-electron chi connectivity index (χ4n) is 4.37. The lowest BCUT2D eigenvalue weighted by molar-refractivity contribution is 0.162. The van der Waals surface area contributed by atoms with Crippen LogP contribution in [0.25, 0.3) is 0 Å². The predicted octanol–water partition coefficient (Wildman–Crippen LogP) is 6.20. The molecule has 0 aromatic carbocycles. The van der Waals surface area contributed by atoms with Gasteiger partial charge in [0.25, 0.3) is 0 Å². The molecule has 18 heavy (non-hydrogen) atoms. The van der Waals surface area contributed by atoms with Gasteiger partial charge in [-0.3, -0.25) is 0 Å². The SMILES string of the molecule is CC(C)CCCC1CCC(C2CCCCC2)CC1. The molecule has 0 amide bonds. The van der Waals surface area contributed by atoms with E-state index in [2.05, 4.69) is 13.8 Å². The van der Waals surface area contributed by atoms with Crippen LogP contribution >= 0.6 is 0 Å². The first-order valence-electron chi connectivity index (χ1n) is 8.75. The summed E-state index contributed by atoms with van der Waals surface area (Å²) in [6.07, 6.45) is 18.4. The van der Waals surface area contributed by atoms with E-state index in [4.69, 9.17) is 0 Å². The molecule has 0 aromatic rings. The molecule has 0 heterocycles. The van der Waals surface area contributed by atoms with Crippen molar-refractivity contribution < 1.29 is 0 Å². The summed E-state index contributed by atoms with van der Waals surface area (Å²) in [6.45, 7) is 4.72. The Morgan fingerprint density at radius 1 is 0.778 bits per heavy atom. The number of hydrogen-bond acceptors (Lipinski definition) is 0. The highest BCUT2D eigenvalue weighted by molar-refractivity contribution is 4.79. The lowest BCUT2D eigenvalue weighted by Crippen LogP contribution is -2.23. The minimum atomic E-state index is 0.906. The van der Waals surface area contributed by atoms with E-state index in [0.717, 1.165) is 23.7 Å². The summed E-state index contributed by atoms with van der Waals surface area (Å²) in [5.74, 6) is 4.23. The van der Waals surface area contributed by atoms with E-state index >= 15 is 0 Å². The summed E-state index contributed by atoms with van der Waals surface area (Å²) in [6, 6.07) is 0. The van der Waals surface area contributed by atoms with Crippen molar-refractivity contribution >= 4 is 0 Å². The van der Waals surface area contributed by atoms with Gasteiger partial charge in [0, 0.05) is 0 Å². The third-order valence-electron chi connectivity index (χ3n) is 5.60. The smallest absolute Gasteiger partial charge is 0.0386 e. The second-order valence-corrected chi connectivity index (χ2v) is 7.50. The quantitative estimate of drug-likeness (QED) is 0.545. The van der Waals surface area contributed by atoms with Crippen LogP contribution in [0.3, 0.4) is 0 Å². The molecule has 2 aliphatic carbocycles. The minimum absolute atomic E-state index is 0.906. The fourth-order valence-corrected chi connectivity index (χ4v) is 4.37. The van der Waals surface area contributed by atoms with E-state index in [9.17, 15) is 0 Å². The van der Waals surface area contributed by atoms with Crippen molar-refractivity contribution in [2.75, 3.05) is 0 Å². The maximum Gasteiger partial charge on any atom is -0.0386 e. The van der Waals surface area contributed by atoms with Gasteiger partial charge in [-0.15, -0.1) is 0 Å². The summed E-state index contributed by atoms with van der Waals surface area (Å²) in [5, 5.41) is 0. The van der Waals surface area contributed by atoms with Crippen LogP contribution in [-0.2, 0) is 0 Å². The van der Waals surface area contributed by atoms with Crippen molar-refractivity contribution in [3.63, 3.8) is 0 Å². The maximum absolute atomic E-state index is 2.36. The molecule has 2 fully saturated rings. The molecular formula is C18H34. The van der Waals surface area contributed by atoms with Crippen LogP contribution in [-0.4, -0.2) is 0 Å². The summed E-state index contributed by atoms with van der Waals surface area (Å²) < 4.78 is 0. The fraction of sp³-hybridized carbons (Fsp3) is 1.00. The average molecular weight is 250 g/mol. The van der Waals surface area contributed by atoms with Gasteiger partial charge in [-0.1, -0.05) is 78.1 Å². The maximum atomic E-state index is 2.36. The van der Waals surface area contributed by atoms with Crippen LogP contribution in [0, 0.1) is 23.7 Å². The van der Waals surface area contributed by atoms with Crippen LogP contribution in [0.5, 0.6) is 0 Å². The Morgan fingerprint density at radius 2 is 1.39 bits per heavy atom. The molecule has 0 nitrogen and oxygen atoms in total. The third kappa shape index (κ3) is 4.59. The number of hydrogen-bond donors (Lipinski definition) is 0. The number of rotatable bonds is 5. The molecule has 106 valence electrons. The molecule has 0 spiro atoms. The monoisotopic (exact) mass is 250 g/mol. The van der Waals surface area contributed by atoms with E-state index in [1.165, 1.54) is 38.5 Å². The molecule has 0 heteroatoms. The standard InChI is InChI=1S/C18H34/c1-15(2)7-6-8-16-11-13-18(14-12-16)17-9-4-3-5-10-17/h15-18H,3-14H2,1-2H3. The zero-order chi connectivity index (χ0) is 12.8. The first-order chi connectivity index (χ1) is 8.75. The van der Waals surface area contributed by atoms with Gasteiger partial charge in [0.2, 0.25) is 0 Å². The van der Waals surface area contributed by atoms with E-state index in [1.54, 1.807) is 38.5 Å². The van der Waals surface area contributed by atoms with E-state index in [1.807, 2.05) is 0 Å². The summed E-state index contributed by atoms with van der Waals surface area (Å²) >= 11 is 0. The van der Waals surface area contributed by atoms with Gasteiger partial charge in [-0.2, -0.15) is 0 Å². The van der Waals surface area contributed by atoms with Gasteiger partial charge in [0.15, 0.2) is 0 Å². The zero-order valence-corrected chi connectivity index (χ0v) is 12.8. The van der Waals surface area contributed by atoms with Crippen molar-refractivity contribution in [1.29, 1.82) is 0 Å². The van der Waals surface area contributed by atoms with Crippen LogP contribution in [0.15, 0.2) is 0 Å². The van der Waals surface area contributed by atoms with Crippen LogP contribution in [0.4, 0.5) is 0 Å². The topological polar surface area (TPSA) is 0 Å². The summed E-state index contributed by atoms with van der Waals surface area (Å²) in [5.41, 5.74) is 0. The van der Waals surface area contributed by atoms with Crippen molar-refractivity contribution in [1.82, 2.24) is 0 Å². The second kappa shape index (κ2) is 7.56. The Labute approximate surface area is 115 Å². The first kappa shape index (κ1) is 14.4. The summed E-state index contributed by atoms with van der Waals surface area (Å²) in [4.78, 5) is 0. The molecule has 2 rings (SSSR count). The molecular weight excluding hydrogens is 216 g/mol. The minimum Gasteiger partial charge on any atom is -0.0628 e. The summed E-state index contributed by atoms with van der Waals surface area (Å²) in [7, 11) is 0. The van der Waals surface area contributed by atoms with Crippen molar-refractivity contribution in [3.8, 4) is 0 Å². The molecule has 0 N–H and O–H groups in total. The van der Waals surface area contributed by atoms with Crippen molar-refractivity contribution in [2.45, 2.75) is 90.9 Å². The molecule has 0 radical (unpaired) electrons. The van der Waals surface area contributed by atoms with Gasteiger partial charge in [0.1, 0.15) is 0 Å². The highest BCUT2D eigenvalue weighted by atomic mass is 14.3. The molecule has 0 bridgehead atoms. The molecule has 2 saturated carbocycles. The highest BCUT2D eigenvalue weighted by Gasteiger charge is 2.28. The third-order valence-corrected chi connectivity index (χ3v) is 5.60. The Bertz CT molecular complexity index is 204. The van der Waals surface area contributed by atoms with Crippen LogP contribution < -0.4 is 0 Å². The van der Waals surface area contributed by atoms with Crippen LogP contribution in [0.2, 0.25) is 0 Å². The zero-order valence-electron chi connectivity index (χ0n) is 12.8. The molecule has 0 unspecified atom stereocenters. The Kier molecular flexibility index (Phi) is 6.05. The van der Waals surface area contributed by atoms with E-state index < -0.39 is 0 Å². The van der Waals surface area contributed by atoms with E-state index in [0.29, 0.717) is 0 Å².